The summed E-state index contributed by atoms with van der Waals surface area (Å²) in [7, 11) is -4.13. The summed E-state index contributed by atoms with van der Waals surface area (Å²) in [5.41, 5.74) is -2.47. The molecule has 0 radical (unpaired) electrons. The second-order valence-corrected chi connectivity index (χ2v) is 13.8. The number of ether oxygens (including phenoxy) is 3. The standard InChI is InChI=1S/C27H42N2O10S/c1-25(2,3)37-22(30)18(11-10-16-36-40(34,35)20-14-12-19(29-33)13-15-20)17-21(23(31)38-26(4,5)6)28-24(32)39-27(7,8)9/h12-15,18,21H,10-11,16-17H2,1-9H3,(H,28,32)/t18-,21?/m1/s1. The lowest BCUT2D eigenvalue weighted by atomic mass is 9.94. The topological polar surface area (TPSA) is 164 Å². The van der Waals surface area contributed by atoms with Gasteiger partial charge in [-0.25, -0.2) is 9.59 Å². The molecule has 0 aliphatic carbocycles. The summed E-state index contributed by atoms with van der Waals surface area (Å²) in [6.45, 7) is 14.8. The zero-order chi connectivity index (χ0) is 30.9. The van der Waals surface area contributed by atoms with Crippen molar-refractivity contribution < 1.29 is 41.2 Å². The number of alkyl carbamates (subject to hydrolysis) is 1. The Labute approximate surface area is 236 Å². The number of carbonyl (C=O) groups excluding carboxylic acids is 3. The molecule has 1 amide bonds. The van der Waals surface area contributed by atoms with Crippen LogP contribution in [0.25, 0.3) is 0 Å². The van der Waals surface area contributed by atoms with Gasteiger partial charge in [0.1, 0.15) is 28.5 Å². The third kappa shape index (κ3) is 13.8. The zero-order valence-corrected chi connectivity index (χ0v) is 25.5. The molecule has 226 valence electrons. The van der Waals surface area contributed by atoms with Crippen molar-refractivity contribution in [2.24, 2.45) is 11.1 Å². The van der Waals surface area contributed by atoms with Gasteiger partial charge in [0.15, 0.2) is 0 Å². The number of nitroso groups, excluding NO2 is 1. The smallest absolute Gasteiger partial charge is 0.408 e. The van der Waals surface area contributed by atoms with E-state index in [1.165, 1.54) is 24.3 Å². The van der Waals surface area contributed by atoms with Crippen LogP contribution in [0.3, 0.4) is 0 Å². The maximum absolute atomic E-state index is 13.1. The van der Waals surface area contributed by atoms with E-state index in [0.717, 1.165) is 0 Å². The van der Waals surface area contributed by atoms with Crippen LogP contribution in [0.4, 0.5) is 10.5 Å². The van der Waals surface area contributed by atoms with Gasteiger partial charge in [-0.05, 0) is 111 Å². The molecule has 0 aliphatic heterocycles. The monoisotopic (exact) mass is 586 g/mol. The minimum absolute atomic E-state index is 0.0682. The van der Waals surface area contributed by atoms with Crippen molar-refractivity contribution in [1.29, 1.82) is 0 Å². The fourth-order valence-electron chi connectivity index (χ4n) is 3.28. The molecule has 1 aromatic carbocycles. The third-order valence-corrected chi connectivity index (χ3v) is 6.14. The van der Waals surface area contributed by atoms with E-state index in [2.05, 4.69) is 10.5 Å². The maximum Gasteiger partial charge on any atom is 0.408 e. The Morgan fingerprint density at radius 1 is 0.825 bits per heavy atom. The molecule has 1 N–H and O–H groups in total. The third-order valence-electron chi connectivity index (χ3n) is 4.81. The van der Waals surface area contributed by atoms with Crippen LogP contribution >= 0.6 is 0 Å². The predicted octanol–water partition coefficient (Wildman–Crippen LogP) is 5.15. The number of benzene rings is 1. The number of carbonyl (C=O) groups is 3. The highest BCUT2D eigenvalue weighted by molar-refractivity contribution is 7.86. The van der Waals surface area contributed by atoms with E-state index in [1.807, 2.05) is 0 Å². The average Bonchev–Trinajstić information content (AvgIpc) is 2.76. The van der Waals surface area contributed by atoms with E-state index in [9.17, 15) is 27.7 Å². The molecule has 0 aliphatic rings. The molecule has 0 spiro atoms. The SMILES string of the molecule is CC(C)(C)OC(=O)NC(C[C@@H](CCCOS(=O)(=O)c1ccc(N=O)cc1)C(=O)OC(C)(C)C)C(=O)OC(C)(C)C. The molecule has 1 rings (SSSR count). The van der Waals surface area contributed by atoms with Gasteiger partial charge < -0.3 is 19.5 Å². The predicted molar refractivity (Wildman–Crippen MR) is 147 cm³/mol. The minimum atomic E-state index is -4.13. The molecular formula is C27H42N2O10S. The number of rotatable bonds is 12. The first-order valence-electron chi connectivity index (χ1n) is 12.9. The molecule has 0 saturated carbocycles. The van der Waals surface area contributed by atoms with Gasteiger partial charge in [0.2, 0.25) is 0 Å². The normalized spacial score (nSPS) is 14.0. The summed E-state index contributed by atoms with van der Waals surface area (Å²) in [6.07, 6.45) is -0.870. The highest BCUT2D eigenvalue weighted by Gasteiger charge is 2.35. The quantitative estimate of drug-likeness (QED) is 0.114. The second kappa shape index (κ2) is 14.0. The van der Waals surface area contributed by atoms with Crippen LogP contribution in [0.2, 0.25) is 0 Å². The highest BCUT2D eigenvalue weighted by Crippen LogP contribution is 2.23. The van der Waals surface area contributed by atoms with Crippen molar-refractivity contribution in [2.45, 2.75) is 109 Å². The fourth-order valence-corrected chi connectivity index (χ4v) is 4.22. The van der Waals surface area contributed by atoms with Crippen LogP contribution in [0, 0.1) is 10.8 Å². The Morgan fingerprint density at radius 3 is 1.80 bits per heavy atom. The maximum atomic E-state index is 13.1. The molecule has 0 aromatic heterocycles. The fraction of sp³-hybridized carbons (Fsp3) is 0.667. The first-order chi connectivity index (χ1) is 18.1. The van der Waals surface area contributed by atoms with Crippen LogP contribution in [0.1, 0.15) is 81.6 Å². The van der Waals surface area contributed by atoms with E-state index >= 15 is 0 Å². The highest BCUT2D eigenvalue weighted by atomic mass is 32.2. The van der Waals surface area contributed by atoms with E-state index in [1.54, 1.807) is 62.3 Å². The molecule has 0 fully saturated rings. The number of hydrogen-bond acceptors (Lipinski definition) is 11. The molecule has 0 bridgehead atoms. The summed E-state index contributed by atoms with van der Waals surface area (Å²) in [5, 5.41) is 5.21. The van der Waals surface area contributed by atoms with E-state index in [4.69, 9.17) is 18.4 Å². The molecule has 0 saturated heterocycles. The lowest BCUT2D eigenvalue weighted by Gasteiger charge is -2.29. The Balaban J connectivity index is 3.07. The second-order valence-electron chi connectivity index (χ2n) is 12.2. The van der Waals surface area contributed by atoms with Gasteiger partial charge in [-0.3, -0.25) is 8.98 Å². The van der Waals surface area contributed by atoms with Gasteiger partial charge in [-0.2, -0.15) is 8.42 Å². The molecule has 12 nitrogen and oxygen atoms in total. The zero-order valence-electron chi connectivity index (χ0n) is 24.7. The van der Waals surface area contributed by atoms with Gasteiger partial charge in [-0.1, -0.05) is 0 Å². The number of esters is 2. The number of nitrogens with one attached hydrogen (secondary N) is 1. The number of amides is 1. The Bertz CT molecular complexity index is 1130. The van der Waals surface area contributed by atoms with E-state index < -0.39 is 56.9 Å². The van der Waals surface area contributed by atoms with E-state index in [0.29, 0.717) is 0 Å². The lowest BCUT2D eigenvalue weighted by Crippen LogP contribution is -2.47. The van der Waals surface area contributed by atoms with Crippen molar-refractivity contribution in [3.63, 3.8) is 0 Å². The van der Waals surface area contributed by atoms with Crippen molar-refractivity contribution in [2.75, 3.05) is 6.61 Å². The van der Waals surface area contributed by atoms with Crippen LogP contribution in [-0.4, -0.2) is 55.9 Å². The first-order valence-corrected chi connectivity index (χ1v) is 14.3. The van der Waals surface area contributed by atoms with Crippen molar-refractivity contribution in [1.82, 2.24) is 5.32 Å². The Kier molecular flexibility index (Phi) is 12.3. The van der Waals surface area contributed by atoms with Gasteiger partial charge in [-0.15, -0.1) is 4.91 Å². The largest absolute Gasteiger partial charge is 0.460 e. The summed E-state index contributed by atoms with van der Waals surface area (Å²) in [6, 6.07) is 3.64. The first kappa shape index (κ1) is 35.0. The Hall–Kier alpha value is -3.06. The lowest BCUT2D eigenvalue weighted by molar-refractivity contribution is -0.163. The molecule has 1 unspecified atom stereocenters. The van der Waals surface area contributed by atoms with E-state index in [-0.39, 0.29) is 36.5 Å². The molecule has 1 aromatic rings. The van der Waals surface area contributed by atoms with Crippen molar-refractivity contribution >= 4 is 33.8 Å². The number of hydrogen-bond donors (Lipinski definition) is 1. The van der Waals surface area contributed by atoms with Gasteiger partial charge in [0, 0.05) is 0 Å². The average molecular weight is 587 g/mol. The summed E-state index contributed by atoms with van der Waals surface area (Å²) in [4.78, 5) is 49.0. The van der Waals surface area contributed by atoms with Gasteiger partial charge in [0.05, 0.1) is 17.4 Å². The molecule has 0 heterocycles. The van der Waals surface area contributed by atoms with Crippen LogP contribution in [0.5, 0.6) is 0 Å². The minimum Gasteiger partial charge on any atom is -0.460 e. The van der Waals surface area contributed by atoms with Crippen LogP contribution in [-0.2, 0) is 38.1 Å². The van der Waals surface area contributed by atoms with Crippen LogP contribution < -0.4 is 5.32 Å². The van der Waals surface area contributed by atoms with Gasteiger partial charge >= 0.3 is 18.0 Å². The summed E-state index contributed by atoms with van der Waals surface area (Å²) in [5.74, 6) is -2.32. The molecule has 13 heteroatoms. The number of nitrogens with zero attached hydrogens (tertiary/aromatic N) is 1. The summed E-state index contributed by atoms with van der Waals surface area (Å²) < 4.78 is 46.3. The van der Waals surface area contributed by atoms with Gasteiger partial charge in [0.25, 0.3) is 10.1 Å². The van der Waals surface area contributed by atoms with Crippen LogP contribution in [0.15, 0.2) is 34.3 Å². The summed E-state index contributed by atoms with van der Waals surface area (Å²) >= 11 is 0. The molecule has 40 heavy (non-hydrogen) atoms. The molecular weight excluding hydrogens is 544 g/mol. The van der Waals surface area contributed by atoms with Crippen molar-refractivity contribution in [3.8, 4) is 0 Å². The van der Waals surface area contributed by atoms with Crippen molar-refractivity contribution in [3.05, 3.63) is 29.2 Å². The Morgan fingerprint density at radius 2 is 1.32 bits per heavy atom. The molecule has 2 atom stereocenters.